The van der Waals surface area contributed by atoms with Crippen molar-refractivity contribution < 1.29 is 24.3 Å². The van der Waals surface area contributed by atoms with E-state index in [-0.39, 0.29) is 24.8 Å². The third-order valence-electron chi connectivity index (χ3n) is 6.45. The molecule has 1 aromatic heterocycles. The number of carbonyl (C=O) groups is 4. The molecule has 0 fully saturated rings. The molecule has 37 heavy (non-hydrogen) atoms. The molecule has 1 aliphatic heterocycles. The molecule has 3 aromatic rings. The number of hydrogen-bond donors (Lipinski definition) is 4. The molecule has 0 saturated heterocycles. The first kappa shape index (κ1) is 26.0. The first-order chi connectivity index (χ1) is 17.7. The van der Waals surface area contributed by atoms with Crippen LogP contribution in [-0.2, 0) is 16.0 Å². The SMILES string of the molecule is CC(C)C[C@@H](NC(CCN1C(=O)c2cc3ccccc3cc2C1=O)C(=O)O)C(=O)NCCc1cnc[nH]1. The van der Waals surface area contributed by atoms with Crippen LogP contribution in [0.4, 0.5) is 0 Å². The summed E-state index contributed by atoms with van der Waals surface area (Å²) in [6, 6.07) is 9.00. The fourth-order valence-electron chi connectivity index (χ4n) is 4.55. The number of nitrogens with zero attached hydrogens (tertiary/aromatic N) is 2. The van der Waals surface area contributed by atoms with Gasteiger partial charge in [-0.1, -0.05) is 38.1 Å². The summed E-state index contributed by atoms with van der Waals surface area (Å²) in [6.45, 7) is 4.19. The van der Waals surface area contributed by atoms with E-state index in [2.05, 4.69) is 20.6 Å². The molecule has 194 valence electrons. The molecule has 10 heteroatoms. The third-order valence-corrected chi connectivity index (χ3v) is 6.45. The van der Waals surface area contributed by atoms with Gasteiger partial charge in [0.25, 0.3) is 11.8 Å². The van der Waals surface area contributed by atoms with Crippen LogP contribution in [0.15, 0.2) is 48.9 Å². The van der Waals surface area contributed by atoms with Gasteiger partial charge in [0.05, 0.1) is 23.5 Å². The van der Waals surface area contributed by atoms with E-state index in [4.69, 9.17) is 0 Å². The van der Waals surface area contributed by atoms with Crippen molar-refractivity contribution in [3.05, 3.63) is 65.7 Å². The number of nitrogens with one attached hydrogen (secondary N) is 3. The number of H-pyrrole nitrogens is 1. The molecular weight excluding hydrogens is 474 g/mol. The zero-order chi connectivity index (χ0) is 26.5. The molecule has 4 N–H and O–H groups in total. The number of imidazole rings is 1. The lowest BCUT2D eigenvalue weighted by Gasteiger charge is -2.25. The maximum Gasteiger partial charge on any atom is 0.320 e. The molecule has 0 spiro atoms. The van der Waals surface area contributed by atoms with Gasteiger partial charge >= 0.3 is 5.97 Å². The monoisotopic (exact) mass is 505 g/mol. The lowest BCUT2D eigenvalue weighted by molar-refractivity contribution is -0.140. The number of carboxylic acid groups (broad SMARTS) is 1. The van der Waals surface area contributed by atoms with Crippen molar-refractivity contribution in [2.75, 3.05) is 13.1 Å². The van der Waals surface area contributed by atoms with E-state index in [9.17, 15) is 24.3 Å². The van der Waals surface area contributed by atoms with Gasteiger partial charge in [-0.25, -0.2) is 4.98 Å². The highest BCUT2D eigenvalue weighted by Gasteiger charge is 2.37. The Kier molecular flexibility index (Phi) is 7.98. The Morgan fingerprint density at radius 2 is 1.70 bits per heavy atom. The van der Waals surface area contributed by atoms with Crippen LogP contribution in [0.5, 0.6) is 0 Å². The number of aliphatic carboxylic acids is 1. The van der Waals surface area contributed by atoms with Crippen LogP contribution in [0.25, 0.3) is 10.8 Å². The van der Waals surface area contributed by atoms with Crippen molar-refractivity contribution in [3.63, 3.8) is 0 Å². The minimum atomic E-state index is -1.15. The van der Waals surface area contributed by atoms with Crippen LogP contribution in [0, 0.1) is 5.92 Å². The van der Waals surface area contributed by atoms with Gasteiger partial charge in [0, 0.05) is 31.4 Å². The number of hydrogen-bond acceptors (Lipinski definition) is 6. The summed E-state index contributed by atoms with van der Waals surface area (Å²) in [7, 11) is 0. The van der Waals surface area contributed by atoms with Crippen LogP contribution in [0.3, 0.4) is 0 Å². The van der Waals surface area contributed by atoms with Crippen molar-refractivity contribution in [1.82, 2.24) is 25.5 Å². The van der Waals surface area contributed by atoms with Crippen molar-refractivity contribution in [2.24, 2.45) is 5.92 Å². The minimum Gasteiger partial charge on any atom is -0.480 e. The van der Waals surface area contributed by atoms with Gasteiger partial charge in [-0.2, -0.15) is 0 Å². The zero-order valence-corrected chi connectivity index (χ0v) is 20.9. The van der Waals surface area contributed by atoms with Crippen molar-refractivity contribution >= 4 is 34.5 Å². The molecule has 1 unspecified atom stereocenters. The molecule has 3 amide bonds. The molecule has 0 bridgehead atoms. The van der Waals surface area contributed by atoms with E-state index in [1.807, 2.05) is 38.1 Å². The number of aromatic nitrogens is 2. The van der Waals surface area contributed by atoms with E-state index in [1.54, 1.807) is 24.7 Å². The fourth-order valence-corrected chi connectivity index (χ4v) is 4.55. The number of aromatic amines is 1. The molecule has 0 aliphatic carbocycles. The van der Waals surface area contributed by atoms with Crippen LogP contribution in [0.2, 0.25) is 0 Å². The Balaban J connectivity index is 1.41. The van der Waals surface area contributed by atoms with E-state index in [1.165, 1.54) is 0 Å². The topological polar surface area (TPSA) is 144 Å². The lowest BCUT2D eigenvalue weighted by atomic mass is 10.0. The summed E-state index contributed by atoms with van der Waals surface area (Å²) in [5.74, 6) is -2.20. The molecule has 4 rings (SSSR count). The predicted octanol–water partition coefficient (Wildman–Crippen LogP) is 2.37. The van der Waals surface area contributed by atoms with Crippen LogP contribution < -0.4 is 10.6 Å². The number of carbonyl (C=O) groups excluding carboxylic acids is 3. The first-order valence-corrected chi connectivity index (χ1v) is 12.4. The Labute approximate surface area is 214 Å². The zero-order valence-electron chi connectivity index (χ0n) is 20.9. The van der Waals surface area contributed by atoms with E-state index in [0.717, 1.165) is 21.4 Å². The Morgan fingerprint density at radius 1 is 1.05 bits per heavy atom. The van der Waals surface area contributed by atoms with E-state index >= 15 is 0 Å². The average molecular weight is 506 g/mol. The number of imide groups is 1. The molecule has 2 aromatic carbocycles. The smallest absolute Gasteiger partial charge is 0.320 e. The molecule has 10 nitrogen and oxygen atoms in total. The second-order valence-electron chi connectivity index (χ2n) is 9.65. The summed E-state index contributed by atoms with van der Waals surface area (Å²) in [4.78, 5) is 58.9. The van der Waals surface area contributed by atoms with Crippen LogP contribution >= 0.6 is 0 Å². The van der Waals surface area contributed by atoms with Gasteiger partial charge in [-0.15, -0.1) is 0 Å². The normalized spacial score (nSPS) is 14.7. The van der Waals surface area contributed by atoms with E-state index in [0.29, 0.717) is 30.5 Å². The maximum absolute atomic E-state index is 13.0. The summed E-state index contributed by atoms with van der Waals surface area (Å²) < 4.78 is 0. The Morgan fingerprint density at radius 3 is 2.24 bits per heavy atom. The van der Waals surface area contributed by atoms with Gasteiger partial charge in [-0.05, 0) is 41.7 Å². The van der Waals surface area contributed by atoms with Crippen molar-refractivity contribution in [3.8, 4) is 0 Å². The first-order valence-electron chi connectivity index (χ1n) is 12.4. The lowest BCUT2D eigenvalue weighted by Crippen LogP contribution is -2.52. The molecule has 0 saturated carbocycles. The van der Waals surface area contributed by atoms with Crippen molar-refractivity contribution in [1.29, 1.82) is 0 Å². The molecule has 1 aliphatic rings. The summed E-state index contributed by atoms with van der Waals surface area (Å²) in [5.41, 5.74) is 1.52. The maximum atomic E-state index is 13.0. The summed E-state index contributed by atoms with van der Waals surface area (Å²) in [5, 5.41) is 17.4. The predicted molar refractivity (Wildman–Crippen MR) is 137 cm³/mol. The number of fused-ring (bicyclic) bond motifs is 2. The molecular formula is C27H31N5O5. The van der Waals surface area contributed by atoms with Crippen LogP contribution in [-0.4, -0.2) is 68.8 Å². The van der Waals surface area contributed by atoms with Crippen molar-refractivity contribution in [2.45, 2.75) is 45.2 Å². The standard InChI is InChI=1S/C27H31N5O5/c1-16(2)11-23(24(33)29-9-7-19-14-28-15-30-19)31-22(27(36)37)8-10-32-25(34)20-12-17-5-3-4-6-18(17)13-21(20)26(32)35/h3-6,12-16,22-23,31H,7-11H2,1-2H3,(H,28,30)(H,29,33)(H,36,37)/t22?,23-/m1/s1. The highest BCUT2D eigenvalue weighted by atomic mass is 16.4. The summed E-state index contributed by atoms with van der Waals surface area (Å²) in [6.07, 6.45) is 4.21. The van der Waals surface area contributed by atoms with Gasteiger partial charge in [0.2, 0.25) is 5.91 Å². The fraction of sp³-hybridized carbons (Fsp3) is 0.370. The molecule has 2 heterocycles. The van der Waals surface area contributed by atoms with Gasteiger partial charge in [0.15, 0.2) is 0 Å². The highest BCUT2D eigenvalue weighted by Crippen LogP contribution is 2.28. The highest BCUT2D eigenvalue weighted by molar-refractivity contribution is 6.23. The number of rotatable bonds is 12. The van der Waals surface area contributed by atoms with Gasteiger partial charge in [-0.3, -0.25) is 29.4 Å². The second-order valence-corrected chi connectivity index (χ2v) is 9.65. The average Bonchev–Trinajstić information content (AvgIpc) is 3.46. The Bertz CT molecular complexity index is 1250. The summed E-state index contributed by atoms with van der Waals surface area (Å²) >= 11 is 0. The largest absolute Gasteiger partial charge is 0.480 e. The third kappa shape index (κ3) is 6.03. The van der Waals surface area contributed by atoms with E-state index < -0.39 is 29.9 Å². The van der Waals surface area contributed by atoms with Gasteiger partial charge in [0.1, 0.15) is 6.04 Å². The number of amides is 3. The minimum absolute atomic E-state index is 0.0314. The second kappa shape index (κ2) is 11.3. The van der Waals surface area contributed by atoms with Crippen LogP contribution in [0.1, 0.15) is 53.1 Å². The quantitative estimate of drug-likeness (QED) is 0.277. The number of carboxylic acids is 1. The molecule has 2 atom stereocenters. The number of benzene rings is 2. The van der Waals surface area contributed by atoms with Gasteiger partial charge < -0.3 is 15.4 Å². The molecule has 0 radical (unpaired) electrons. The Hall–Kier alpha value is -4.05.